The molecule has 3 heterocycles. The minimum Gasteiger partial charge on any atom is -0.393 e. The molecular weight excluding hydrogens is 454 g/mol. The predicted molar refractivity (Wildman–Crippen MR) is 137 cm³/mol. The molecule has 192 valence electrons. The summed E-state index contributed by atoms with van der Waals surface area (Å²) in [6.07, 6.45) is 4.27. The molecule has 3 fully saturated rings. The van der Waals surface area contributed by atoms with Gasteiger partial charge in [0.25, 0.3) is 5.91 Å². The van der Waals surface area contributed by atoms with Gasteiger partial charge in [-0.1, -0.05) is 12.1 Å². The predicted octanol–water partition coefficient (Wildman–Crippen LogP) is 2.18. The molecule has 2 aromatic rings. The Morgan fingerprint density at radius 1 is 1.03 bits per heavy atom. The van der Waals surface area contributed by atoms with Gasteiger partial charge in [0.05, 0.1) is 6.10 Å². The second kappa shape index (κ2) is 9.21. The number of likely N-dealkylation sites (tertiary alicyclic amines) is 1. The van der Waals surface area contributed by atoms with Gasteiger partial charge in [0, 0.05) is 62.1 Å². The normalized spacial score (nSPS) is 25.4. The number of rotatable bonds is 4. The largest absolute Gasteiger partial charge is 0.393 e. The molecule has 1 N–H and O–H groups in total. The molecule has 1 saturated carbocycles. The van der Waals surface area contributed by atoms with Crippen LogP contribution in [0.5, 0.6) is 0 Å². The number of hydrogen-bond donors (Lipinski definition) is 1. The van der Waals surface area contributed by atoms with Crippen LogP contribution >= 0.6 is 0 Å². The number of aromatic nitrogens is 2. The third-order valence-electron chi connectivity index (χ3n) is 9.15. The minimum atomic E-state index is -0.288. The summed E-state index contributed by atoms with van der Waals surface area (Å²) >= 11 is 0. The van der Waals surface area contributed by atoms with Crippen LogP contribution in [0.2, 0.25) is 0 Å². The first kappa shape index (κ1) is 23.5. The molecule has 6 rings (SSSR count). The number of aliphatic hydroxyl groups excluding tert-OH is 1. The van der Waals surface area contributed by atoms with E-state index in [0.29, 0.717) is 37.8 Å². The van der Waals surface area contributed by atoms with E-state index < -0.39 is 0 Å². The lowest BCUT2D eigenvalue weighted by atomic mass is 10.00. The molecule has 1 aromatic heterocycles. The highest BCUT2D eigenvalue weighted by Gasteiger charge is 2.44. The summed E-state index contributed by atoms with van der Waals surface area (Å²) in [5.41, 5.74) is 6.47. The van der Waals surface area contributed by atoms with Crippen LogP contribution in [0.25, 0.3) is 0 Å². The Balaban J connectivity index is 1.12. The molecule has 0 spiro atoms. The first-order valence-electron chi connectivity index (χ1n) is 13.6. The molecule has 0 unspecified atom stereocenters. The number of carbonyl (C=O) groups excluding carboxylic acids is 2. The van der Waals surface area contributed by atoms with Crippen molar-refractivity contribution in [2.45, 2.75) is 58.6 Å². The summed E-state index contributed by atoms with van der Waals surface area (Å²) in [5.74, 6) is 0.657. The number of benzene rings is 1. The van der Waals surface area contributed by atoms with Gasteiger partial charge in [0.2, 0.25) is 5.91 Å². The Bertz CT molecular complexity index is 1180. The van der Waals surface area contributed by atoms with E-state index in [2.05, 4.69) is 36.9 Å². The highest BCUT2D eigenvalue weighted by Crippen LogP contribution is 2.39. The summed E-state index contributed by atoms with van der Waals surface area (Å²) in [5, 5.41) is 15.0. The van der Waals surface area contributed by atoms with Crippen molar-refractivity contribution in [3.63, 3.8) is 0 Å². The van der Waals surface area contributed by atoms with Crippen LogP contribution in [0.15, 0.2) is 18.2 Å². The molecule has 2 aliphatic carbocycles. The summed E-state index contributed by atoms with van der Waals surface area (Å²) < 4.78 is 1.81. The van der Waals surface area contributed by atoms with E-state index in [0.717, 1.165) is 56.5 Å². The fourth-order valence-electron chi connectivity index (χ4n) is 6.87. The Labute approximate surface area is 212 Å². The number of piperazine rings is 1. The summed E-state index contributed by atoms with van der Waals surface area (Å²) in [6.45, 7) is 8.86. The number of aryl methyl sites for hydroxylation is 1. The fraction of sp³-hybridized carbons (Fsp3) is 0.607. The molecule has 1 aromatic carbocycles. The Kier molecular flexibility index (Phi) is 6.02. The van der Waals surface area contributed by atoms with Crippen LogP contribution in [-0.2, 0) is 24.2 Å². The van der Waals surface area contributed by atoms with Crippen LogP contribution in [-0.4, -0.2) is 81.9 Å². The first-order valence-corrected chi connectivity index (χ1v) is 13.6. The molecule has 2 aliphatic heterocycles. The Morgan fingerprint density at radius 3 is 2.61 bits per heavy atom. The van der Waals surface area contributed by atoms with Crippen molar-refractivity contribution in [1.82, 2.24) is 19.6 Å². The van der Waals surface area contributed by atoms with Gasteiger partial charge in [-0.15, -0.1) is 0 Å². The van der Waals surface area contributed by atoms with E-state index in [4.69, 9.17) is 5.10 Å². The molecule has 8 heteroatoms. The van der Waals surface area contributed by atoms with Crippen LogP contribution < -0.4 is 4.90 Å². The number of hydrogen-bond acceptors (Lipinski definition) is 5. The van der Waals surface area contributed by atoms with Crippen molar-refractivity contribution < 1.29 is 14.7 Å². The SMILES string of the molecule is Cc1cccc(N2CCN(C(=O)Cn3nc(C(=O)N4C[C@H]5CC[C@H](O)[C@H]5C4)c4c3CCC4)CC2)c1C. The number of amides is 2. The maximum Gasteiger partial charge on any atom is 0.274 e. The topological polar surface area (TPSA) is 81.9 Å². The fourth-order valence-corrected chi connectivity index (χ4v) is 6.87. The van der Waals surface area contributed by atoms with Crippen LogP contribution in [0.3, 0.4) is 0 Å². The van der Waals surface area contributed by atoms with E-state index in [1.807, 2.05) is 9.80 Å². The summed E-state index contributed by atoms with van der Waals surface area (Å²) in [4.78, 5) is 32.9. The highest BCUT2D eigenvalue weighted by atomic mass is 16.3. The number of nitrogens with zero attached hydrogens (tertiary/aromatic N) is 5. The van der Waals surface area contributed by atoms with Gasteiger partial charge < -0.3 is 19.8 Å². The van der Waals surface area contributed by atoms with Crippen molar-refractivity contribution in [3.8, 4) is 0 Å². The molecule has 2 amide bonds. The van der Waals surface area contributed by atoms with Crippen molar-refractivity contribution in [3.05, 3.63) is 46.3 Å². The molecule has 0 bridgehead atoms. The maximum atomic E-state index is 13.4. The average Bonchev–Trinajstić information content (AvgIpc) is 3.65. The first-order chi connectivity index (χ1) is 17.4. The van der Waals surface area contributed by atoms with Gasteiger partial charge in [0.1, 0.15) is 6.54 Å². The van der Waals surface area contributed by atoms with E-state index in [-0.39, 0.29) is 30.4 Å². The van der Waals surface area contributed by atoms with Crippen molar-refractivity contribution in [2.24, 2.45) is 11.8 Å². The third kappa shape index (κ3) is 3.99. The lowest BCUT2D eigenvalue weighted by Gasteiger charge is -2.37. The van der Waals surface area contributed by atoms with Crippen LogP contribution in [0, 0.1) is 25.7 Å². The second-order valence-corrected chi connectivity index (χ2v) is 11.2. The van der Waals surface area contributed by atoms with Crippen molar-refractivity contribution in [1.29, 1.82) is 0 Å². The second-order valence-electron chi connectivity index (χ2n) is 11.2. The standard InChI is InChI=1S/C28H37N5O3/c1-18-5-3-7-23(19(18)2)30-11-13-31(14-12-30)26(35)17-33-24-8-4-6-21(24)27(29-33)28(36)32-15-20-9-10-25(34)22(20)16-32/h3,5,7,20,22,25,34H,4,6,8-17H2,1-2H3/t20-,22+,25+/m1/s1. The van der Waals surface area contributed by atoms with Gasteiger partial charge in [-0.2, -0.15) is 5.10 Å². The van der Waals surface area contributed by atoms with E-state index >= 15 is 0 Å². The summed E-state index contributed by atoms with van der Waals surface area (Å²) in [6, 6.07) is 6.40. The monoisotopic (exact) mass is 491 g/mol. The molecular formula is C28H37N5O3. The zero-order chi connectivity index (χ0) is 25.0. The van der Waals surface area contributed by atoms with E-state index in [1.165, 1.54) is 16.8 Å². The third-order valence-corrected chi connectivity index (χ3v) is 9.15. The summed E-state index contributed by atoms with van der Waals surface area (Å²) in [7, 11) is 0. The Hall–Kier alpha value is -2.87. The van der Waals surface area contributed by atoms with Crippen LogP contribution in [0.4, 0.5) is 5.69 Å². The number of aliphatic hydroxyl groups is 1. The van der Waals surface area contributed by atoms with Crippen molar-refractivity contribution >= 4 is 17.5 Å². The lowest BCUT2D eigenvalue weighted by molar-refractivity contribution is -0.132. The van der Waals surface area contributed by atoms with Gasteiger partial charge in [-0.05, 0) is 69.1 Å². The lowest BCUT2D eigenvalue weighted by Crippen LogP contribution is -2.50. The zero-order valence-corrected chi connectivity index (χ0v) is 21.4. The molecule has 36 heavy (non-hydrogen) atoms. The molecule has 8 nitrogen and oxygen atoms in total. The minimum absolute atomic E-state index is 0.0249. The zero-order valence-electron chi connectivity index (χ0n) is 21.4. The average molecular weight is 492 g/mol. The Morgan fingerprint density at radius 2 is 1.83 bits per heavy atom. The molecule has 2 saturated heterocycles. The van der Waals surface area contributed by atoms with Gasteiger partial charge in [-0.25, -0.2) is 0 Å². The number of anilines is 1. The van der Waals surface area contributed by atoms with Gasteiger partial charge in [-0.3, -0.25) is 14.3 Å². The number of fused-ring (bicyclic) bond motifs is 2. The molecule has 0 radical (unpaired) electrons. The van der Waals surface area contributed by atoms with E-state index in [1.54, 1.807) is 4.68 Å². The molecule has 3 atom stereocenters. The van der Waals surface area contributed by atoms with E-state index in [9.17, 15) is 14.7 Å². The maximum absolute atomic E-state index is 13.4. The van der Waals surface area contributed by atoms with Gasteiger partial charge >= 0.3 is 0 Å². The molecule has 4 aliphatic rings. The quantitative estimate of drug-likeness (QED) is 0.709. The van der Waals surface area contributed by atoms with Crippen LogP contribution in [0.1, 0.15) is 52.1 Å². The number of carbonyl (C=O) groups is 2. The smallest absolute Gasteiger partial charge is 0.274 e. The van der Waals surface area contributed by atoms with Gasteiger partial charge in [0.15, 0.2) is 5.69 Å². The highest BCUT2D eigenvalue weighted by molar-refractivity contribution is 5.94. The van der Waals surface area contributed by atoms with Crippen molar-refractivity contribution in [2.75, 3.05) is 44.2 Å².